The van der Waals surface area contributed by atoms with Crippen molar-refractivity contribution >= 4 is 0 Å². The van der Waals surface area contributed by atoms with Gasteiger partial charge in [-0.1, -0.05) is 99.8 Å². The minimum Gasteiger partial charge on any atom is -0.412 e. The Morgan fingerprint density at radius 3 is 1.43 bits per heavy atom. The molecule has 0 saturated carbocycles. The largest absolute Gasteiger partial charge is 0.412 e. The number of hydrogen-bond acceptors (Lipinski definition) is 1. The minimum atomic E-state index is -0.0601. The summed E-state index contributed by atoms with van der Waals surface area (Å²) in [5, 5.41) is 9.92. The van der Waals surface area contributed by atoms with Crippen LogP contribution in [0, 0.1) is 5.92 Å². The molecular formula is C20H50O3. The standard InChI is InChI=1S/C16H34O.2C2H6.2H2O/c1-4-7-8-9-10-11-12-14-15(13-5-2)16(17)6-3;2*1-2;;/h15-17H,4-14H2,1-3H3;2*1-2H3;2*1H2/t15?,16-;;;;/m0..../s1. The summed E-state index contributed by atoms with van der Waals surface area (Å²) in [7, 11) is 0. The second-order valence-electron chi connectivity index (χ2n) is 5.43. The topological polar surface area (TPSA) is 83.2 Å². The lowest BCUT2D eigenvalue weighted by Gasteiger charge is -2.21. The number of aliphatic hydroxyl groups excluding tert-OH is 1. The molecule has 0 aromatic carbocycles. The van der Waals surface area contributed by atoms with Gasteiger partial charge < -0.3 is 16.1 Å². The van der Waals surface area contributed by atoms with Gasteiger partial charge in [-0.05, 0) is 25.2 Å². The van der Waals surface area contributed by atoms with E-state index in [1.807, 2.05) is 27.7 Å². The van der Waals surface area contributed by atoms with Gasteiger partial charge >= 0.3 is 0 Å². The minimum absolute atomic E-state index is 0. The van der Waals surface area contributed by atoms with Crippen molar-refractivity contribution in [2.45, 2.75) is 125 Å². The lowest BCUT2D eigenvalue weighted by atomic mass is 9.90. The van der Waals surface area contributed by atoms with E-state index in [4.69, 9.17) is 0 Å². The van der Waals surface area contributed by atoms with Crippen molar-refractivity contribution in [3.63, 3.8) is 0 Å². The molecule has 0 spiro atoms. The second kappa shape index (κ2) is 33.5. The highest BCUT2D eigenvalue weighted by molar-refractivity contribution is 4.67. The van der Waals surface area contributed by atoms with Crippen LogP contribution in [-0.4, -0.2) is 22.2 Å². The summed E-state index contributed by atoms with van der Waals surface area (Å²) in [6, 6.07) is 0. The first kappa shape index (κ1) is 34.3. The van der Waals surface area contributed by atoms with Crippen LogP contribution in [0.25, 0.3) is 0 Å². The predicted octanol–water partition coefficient (Wildman–Crippen LogP) is 5.72. The molecule has 0 fully saturated rings. The van der Waals surface area contributed by atoms with Crippen molar-refractivity contribution in [3.05, 3.63) is 0 Å². The van der Waals surface area contributed by atoms with E-state index < -0.39 is 0 Å². The zero-order valence-electron chi connectivity index (χ0n) is 17.4. The first-order chi connectivity index (χ1) is 10.3. The first-order valence-corrected chi connectivity index (χ1v) is 9.94. The smallest absolute Gasteiger partial charge is 0.0565 e. The average molecular weight is 339 g/mol. The van der Waals surface area contributed by atoms with Crippen LogP contribution in [-0.2, 0) is 0 Å². The van der Waals surface area contributed by atoms with Gasteiger partial charge in [0.2, 0.25) is 0 Å². The summed E-state index contributed by atoms with van der Waals surface area (Å²) in [6.45, 7) is 14.6. The van der Waals surface area contributed by atoms with Gasteiger partial charge in [-0.25, -0.2) is 0 Å². The average Bonchev–Trinajstić information content (AvgIpc) is 2.56. The predicted molar refractivity (Wildman–Crippen MR) is 107 cm³/mol. The molecule has 0 aromatic heterocycles. The van der Waals surface area contributed by atoms with Crippen LogP contribution < -0.4 is 0 Å². The van der Waals surface area contributed by atoms with Gasteiger partial charge in [0, 0.05) is 0 Å². The maximum absolute atomic E-state index is 9.92. The quantitative estimate of drug-likeness (QED) is 0.454. The molecule has 3 nitrogen and oxygen atoms in total. The Kier molecular flexibility index (Phi) is 49.9. The molecule has 0 heterocycles. The van der Waals surface area contributed by atoms with E-state index in [2.05, 4.69) is 20.8 Å². The van der Waals surface area contributed by atoms with Gasteiger partial charge in [-0.2, -0.15) is 0 Å². The number of rotatable bonds is 12. The third kappa shape index (κ3) is 27.0. The van der Waals surface area contributed by atoms with Crippen molar-refractivity contribution in [2.24, 2.45) is 5.92 Å². The summed E-state index contributed by atoms with van der Waals surface area (Å²) in [5.41, 5.74) is 0. The fourth-order valence-electron chi connectivity index (χ4n) is 2.60. The molecule has 148 valence electrons. The Balaban J connectivity index is -0.000000166. The Bertz CT molecular complexity index is 152. The Morgan fingerprint density at radius 2 is 1.04 bits per heavy atom. The van der Waals surface area contributed by atoms with Gasteiger partial charge in [0.25, 0.3) is 0 Å². The van der Waals surface area contributed by atoms with Crippen LogP contribution >= 0.6 is 0 Å². The molecule has 0 aliphatic rings. The highest BCUT2D eigenvalue weighted by Gasteiger charge is 2.15. The Hall–Kier alpha value is -0.120. The molecule has 0 radical (unpaired) electrons. The Labute approximate surface area is 147 Å². The SMILES string of the molecule is CC.CC.CCCCCCCCCC(CCC)[C@@H](O)CC.O.O. The normalized spacial score (nSPS) is 11.5. The fraction of sp³-hybridized carbons (Fsp3) is 1.00. The molecule has 3 heteroatoms. The van der Waals surface area contributed by atoms with Gasteiger partial charge in [0.05, 0.1) is 6.10 Å². The van der Waals surface area contributed by atoms with E-state index in [1.165, 1.54) is 64.2 Å². The van der Waals surface area contributed by atoms with Gasteiger partial charge in [0.15, 0.2) is 0 Å². The van der Waals surface area contributed by atoms with Crippen molar-refractivity contribution in [2.75, 3.05) is 0 Å². The lowest BCUT2D eigenvalue weighted by Crippen LogP contribution is -2.19. The van der Waals surface area contributed by atoms with Crippen LogP contribution in [0.4, 0.5) is 0 Å². The maximum Gasteiger partial charge on any atom is 0.0565 e. The van der Waals surface area contributed by atoms with Crippen LogP contribution in [0.1, 0.15) is 119 Å². The molecular weight excluding hydrogens is 288 g/mol. The molecule has 1 unspecified atom stereocenters. The van der Waals surface area contributed by atoms with Crippen LogP contribution in [0.2, 0.25) is 0 Å². The summed E-state index contributed by atoms with van der Waals surface area (Å²) < 4.78 is 0. The molecule has 0 rings (SSSR count). The van der Waals surface area contributed by atoms with Gasteiger partial charge in [0.1, 0.15) is 0 Å². The zero-order chi connectivity index (χ0) is 16.9. The van der Waals surface area contributed by atoms with E-state index in [1.54, 1.807) is 0 Å². The van der Waals surface area contributed by atoms with Crippen LogP contribution in [0.3, 0.4) is 0 Å². The molecule has 2 atom stereocenters. The molecule has 0 aliphatic carbocycles. The number of hydrogen-bond donors (Lipinski definition) is 1. The van der Waals surface area contributed by atoms with E-state index in [9.17, 15) is 5.11 Å². The summed E-state index contributed by atoms with van der Waals surface area (Å²) in [4.78, 5) is 0. The lowest BCUT2D eigenvalue weighted by molar-refractivity contribution is 0.0913. The molecule has 5 N–H and O–H groups in total. The molecule has 0 bridgehead atoms. The first-order valence-electron chi connectivity index (χ1n) is 9.94. The Morgan fingerprint density at radius 1 is 0.609 bits per heavy atom. The highest BCUT2D eigenvalue weighted by atomic mass is 16.3. The van der Waals surface area contributed by atoms with E-state index in [-0.39, 0.29) is 17.1 Å². The molecule has 0 aromatic rings. The summed E-state index contributed by atoms with van der Waals surface area (Å²) in [5.74, 6) is 0.556. The molecule has 0 amide bonds. The van der Waals surface area contributed by atoms with Gasteiger partial charge in [-0.15, -0.1) is 0 Å². The monoisotopic (exact) mass is 338 g/mol. The van der Waals surface area contributed by atoms with Crippen LogP contribution in [0.15, 0.2) is 0 Å². The molecule has 0 aliphatic heterocycles. The third-order valence-electron chi connectivity index (χ3n) is 3.80. The van der Waals surface area contributed by atoms with Crippen molar-refractivity contribution in [1.82, 2.24) is 0 Å². The fourth-order valence-corrected chi connectivity index (χ4v) is 2.60. The van der Waals surface area contributed by atoms with E-state index >= 15 is 0 Å². The summed E-state index contributed by atoms with van der Waals surface area (Å²) >= 11 is 0. The zero-order valence-corrected chi connectivity index (χ0v) is 17.4. The maximum atomic E-state index is 9.92. The molecule has 0 saturated heterocycles. The van der Waals surface area contributed by atoms with Crippen molar-refractivity contribution in [1.29, 1.82) is 0 Å². The van der Waals surface area contributed by atoms with Crippen LogP contribution in [0.5, 0.6) is 0 Å². The van der Waals surface area contributed by atoms with Crippen molar-refractivity contribution < 1.29 is 16.1 Å². The molecule has 23 heavy (non-hydrogen) atoms. The number of aliphatic hydroxyl groups is 1. The van der Waals surface area contributed by atoms with E-state index in [0.717, 1.165) is 6.42 Å². The van der Waals surface area contributed by atoms with Gasteiger partial charge in [-0.3, -0.25) is 0 Å². The second-order valence-corrected chi connectivity index (χ2v) is 5.43. The summed E-state index contributed by atoms with van der Waals surface area (Å²) in [6.07, 6.45) is 14.1. The van der Waals surface area contributed by atoms with E-state index in [0.29, 0.717) is 5.92 Å². The number of unbranched alkanes of at least 4 members (excludes halogenated alkanes) is 6. The highest BCUT2D eigenvalue weighted by Crippen LogP contribution is 2.21. The van der Waals surface area contributed by atoms with Crippen molar-refractivity contribution in [3.8, 4) is 0 Å². The third-order valence-corrected chi connectivity index (χ3v) is 3.80.